The predicted octanol–water partition coefficient (Wildman–Crippen LogP) is 9.24. The van der Waals surface area contributed by atoms with Crippen LogP contribution in [0.15, 0.2) is 128 Å². The summed E-state index contributed by atoms with van der Waals surface area (Å²) in [7, 11) is 0. The number of pyridine rings is 2. The van der Waals surface area contributed by atoms with Crippen LogP contribution in [0.1, 0.15) is 37.5 Å². The lowest BCUT2D eigenvalue weighted by molar-refractivity contribution is 0.460. The quantitative estimate of drug-likeness (QED) is 0.188. The zero-order chi connectivity index (χ0) is 32.7. The third kappa shape index (κ3) is 5.70. The number of nitrogens with zero attached hydrogens (tertiary/aromatic N) is 4. The molecule has 3 heterocycles. The Bertz CT molecular complexity index is 2060. The van der Waals surface area contributed by atoms with Gasteiger partial charge in [-0.1, -0.05) is 86.5 Å². The zero-order valence-electron chi connectivity index (χ0n) is 27.3. The van der Waals surface area contributed by atoms with E-state index in [1.54, 1.807) is 12.1 Å². The van der Waals surface area contributed by atoms with Crippen LogP contribution in [0.3, 0.4) is 0 Å². The number of aromatic nitrogens is 2. The van der Waals surface area contributed by atoms with Crippen LogP contribution in [0.2, 0.25) is 0 Å². The van der Waals surface area contributed by atoms with Crippen LogP contribution in [0.5, 0.6) is 17.4 Å². The third-order valence-corrected chi connectivity index (χ3v) is 8.74. The monoisotopic (exact) mass is 616 g/mol. The molecule has 0 saturated heterocycles. The first-order valence-corrected chi connectivity index (χ1v) is 15.9. The van der Waals surface area contributed by atoms with E-state index in [1.165, 1.54) is 16.6 Å². The van der Waals surface area contributed by atoms with Crippen LogP contribution >= 0.6 is 0 Å². The minimum atomic E-state index is -0.200. The van der Waals surface area contributed by atoms with Gasteiger partial charge in [0, 0.05) is 35.3 Å². The van der Waals surface area contributed by atoms with Crippen molar-refractivity contribution in [1.82, 2.24) is 9.97 Å². The van der Waals surface area contributed by atoms with Gasteiger partial charge in [0.2, 0.25) is 5.88 Å². The number of phenols is 1. The van der Waals surface area contributed by atoms with Crippen molar-refractivity contribution >= 4 is 35.3 Å². The molecule has 0 fully saturated rings. The number of rotatable bonds is 6. The SMILES string of the molecule is Cc1cccc(C)c1B1N(c2ccccc2)c2cccnc2N1c1cc(Oc2cccc(-c3ccccc3O)n2)cc(C(C)(C)C)c1. The van der Waals surface area contributed by atoms with Crippen molar-refractivity contribution in [2.45, 2.75) is 40.0 Å². The van der Waals surface area contributed by atoms with Crippen LogP contribution in [0, 0.1) is 13.8 Å². The van der Waals surface area contributed by atoms with Gasteiger partial charge in [-0.2, -0.15) is 0 Å². The largest absolute Gasteiger partial charge is 0.507 e. The van der Waals surface area contributed by atoms with Crippen molar-refractivity contribution in [2.24, 2.45) is 0 Å². The van der Waals surface area contributed by atoms with E-state index in [9.17, 15) is 5.11 Å². The maximum absolute atomic E-state index is 10.5. The molecule has 47 heavy (non-hydrogen) atoms. The smallest absolute Gasteiger partial charge is 0.422 e. The number of fused-ring (bicyclic) bond motifs is 1. The van der Waals surface area contributed by atoms with Gasteiger partial charge < -0.3 is 19.5 Å². The summed E-state index contributed by atoms with van der Waals surface area (Å²) in [6, 6.07) is 40.4. The van der Waals surface area contributed by atoms with Gasteiger partial charge in [0.25, 0.3) is 0 Å². The molecule has 0 radical (unpaired) electrons. The Kier molecular flexibility index (Phi) is 7.68. The number of anilines is 4. The standard InChI is InChI=1S/C40H37BN4O2/c1-27-14-11-15-28(2)38(27)41-44(30-16-7-6-8-17-30)35-20-13-23-42-39(35)45(41)31-24-29(40(3,4)5)25-32(26-31)47-37-22-12-19-34(43-37)33-18-9-10-21-36(33)46/h6-26,46H,1-5H3. The summed E-state index contributed by atoms with van der Waals surface area (Å²) in [5.74, 6) is 2.17. The second kappa shape index (κ2) is 12.0. The van der Waals surface area contributed by atoms with Crippen LogP contribution in [-0.4, -0.2) is 22.1 Å². The van der Waals surface area contributed by atoms with E-state index in [4.69, 9.17) is 14.7 Å². The van der Waals surface area contributed by atoms with E-state index in [0.29, 0.717) is 22.9 Å². The van der Waals surface area contributed by atoms with Crippen molar-refractivity contribution in [2.75, 3.05) is 9.62 Å². The van der Waals surface area contributed by atoms with E-state index in [1.807, 2.05) is 48.7 Å². The summed E-state index contributed by atoms with van der Waals surface area (Å²) in [5, 5.41) is 10.5. The number of hydrogen-bond acceptors (Lipinski definition) is 6. The molecule has 7 heteroatoms. The Balaban J connectivity index is 1.41. The van der Waals surface area contributed by atoms with Crippen LogP contribution in [-0.2, 0) is 5.41 Å². The number of phenolic OH excluding ortho intramolecular Hbond substituents is 1. The van der Waals surface area contributed by atoms with E-state index >= 15 is 0 Å². The molecule has 0 unspecified atom stereocenters. The molecular formula is C40H37BN4O2. The number of aryl methyl sites for hydroxylation is 2. The molecule has 0 saturated carbocycles. The second-order valence-electron chi connectivity index (χ2n) is 13.0. The molecule has 1 aliphatic heterocycles. The fraction of sp³-hybridized carbons (Fsp3) is 0.150. The van der Waals surface area contributed by atoms with Gasteiger partial charge >= 0.3 is 6.98 Å². The summed E-state index contributed by atoms with van der Waals surface area (Å²) in [6.07, 6.45) is 1.86. The van der Waals surface area contributed by atoms with Gasteiger partial charge in [0.15, 0.2) is 0 Å². The molecule has 6 aromatic rings. The predicted molar refractivity (Wildman–Crippen MR) is 193 cm³/mol. The molecule has 2 aromatic heterocycles. The maximum atomic E-state index is 10.5. The minimum absolute atomic E-state index is 0.168. The number of benzene rings is 4. The average molecular weight is 617 g/mol. The molecule has 232 valence electrons. The Morgan fingerprint density at radius 1 is 0.702 bits per heavy atom. The Labute approximate surface area is 277 Å². The highest BCUT2D eigenvalue weighted by Crippen LogP contribution is 2.47. The van der Waals surface area contributed by atoms with Crippen LogP contribution in [0.25, 0.3) is 11.3 Å². The van der Waals surface area contributed by atoms with E-state index in [2.05, 4.69) is 111 Å². The van der Waals surface area contributed by atoms with Crippen LogP contribution in [0.4, 0.5) is 22.9 Å². The highest BCUT2D eigenvalue weighted by atomic mass is 16.5. The first-order valence-electron chi connectivity index (χ1n) is 15.9. The molecule has 0 atom stereocenters. The van der Waals surface area contributed by atoms with Crippen molar-refractivity contribution in [3.8, 4) is 28.6 Å². The van der Waals surface area contributed by atoms with Gasteiger partial charge in [-0.15, -0.1) is 0 Å². The first-order chi connectivity index (χ1) is 22.7. The summed E-state index contributed by atoms with van der Waals surface area (Å²) >= 11 is 0. The lowest BCUT2D eigenvalue weighted by atomic mass is 9.61. The van der Waals surface area contributed by atoms with Crippen molar-refractivity contribution in [3.05, 3.63) is 144 Å². The molecule has 7 rings (SSSR count). The number of para-hydroxylation sites is 2. The normalized spacial score (nSPS) is 12.7. The van der Waals surface area contributed by atoms with Crippen LogP contribution < -0.4 is 19.8 Å². The van der Waals surface area contributed by atoms with Gasteiger partial charge in [-0.25, -0.2) is 9.97 Å². The third-order valence-electron chi connectivity index (χ3n) is 8.74. The minimum Gasteiger partial charge on any atom is -0.507 e. The van der Waals surface area contributed by atoms with Crippen molar-refractivity contribution in [1.29, 1.82) is 0 Å². The second-order valence-corrected chi connectivity index (χ2v) is 13.0. The van der Waals surface area contributed by atoms with Crippen molar-refractivity contribution in [3.63, 3.8) is 0 Å². The number of aromatic hydroxyl groups is 1. The molecule has 1 aliphatic rings. The number of hydrogen-bond donors (Lipinski definition) is 1. The number of ether oxygens (including phenoxy) is 1. The molecule has 4 aromatic carbocycles. The molecule has 0 amide bonds. The molecule has 0 bridgehead atoms. The Hall–Kier alpha value is -5.56. The summed E-state index contributed by atoms with van der Waals surface area (Å²) in [4.78, 5) is 14.5. The van der Waals surface area contributed by atoms with Gasteiger partial charge in [-0.05, 0) is 84.9 Å². The Morgan fingerprint density at radius 3 is 2.17 bits per heavy atom. The van der Waals surface area contributed by atoms with E-state index in [0.717, 1.165) is 28.4 Å². The highest BCUT2D eigenvalue weighted by molar-refractivity contribution is 6.85. The van der Waals surface area contributed by atoms with Gasteiger partial charge in [0.05, 0.1) is 11.4 Å². The van der Waals surface area contributed by atoms with E-state index in [-0.39, 0.29) is 18.1 Å². The lowest BCUT2D eigenvalue weighted by Crippen LogP contribution is -2.55. The molecule has 0 spiro atoms. The molecule has 6 nitrogen and oxygen atoms in total. The van der Waals surface area contributed by atoms with E-state index < -0.39 is 0 Å². The highest BCUT2D eigenvalue weighted by Gasteiger charge is 2.46. The van der Waals surface area contributed by atoms with Crippen molar-refractivity contribution < 1.29 is 9.84 Å². The first kappa shape index (κ1) is 30.1. The van der Waals surface area contributed by atoms with Gasteiger partial charge in [0.1, 0.15) is 17.3 Å². The van der Waals surface area contributed by atoms with Gasteiger partial charge in [-0.3, -0.25) is 0 Å². The lowest BCUT2D eigenvalue weighted by Gasteiger charge is -2.32. The summed E-state index contributed by atoms with van der Waals surface area (Å²) in [5.41, 5.74) is 8.99. The zero-order valence-corrected chi connectivity index (χ0v) is 27.3. The summed E-state index contributed by atoms with van der Waals surface area (Å²) in [6.45, 7) is 10.8. The Morgan fingerprint density at radius 2 is 1.43 bits per heavy atom. The summed E-state index contributed by atoms with van der Waals surface area (Å²) < 4.78 is 6.55. The molecule has 1 N–H and O–H groups in total. The fourth-order valence-electron chi connectivity index (χ4n) is 6.40. The topological polar surface area (TPSA) is 61.7 Å². The molecule has 0 aliphatic carbocycles. The molecular weight excluding hydrogens is 579 g/mol. The maximum Gasteiger partial charge on any atom is 0.422 e. The average Bonchev–Trinajstić information content (AvgIpc) is 3.39. The fourth-order valence-corrected chi connectivity index (χ4v) is 6.40.